The molecule has 0 unspecified atom stereocenters. The maximum atomic E-state index is 12.7. The van der Waals surface area contributed by atoms with Crippen LogP contribution >= 0.6 is 34.5 Å². The molecular formula is C17H15Cl2N3O2S. The summed E-state index contributed by atoms with van der Waals surface area (Å²) < 4.78 is 1.37. The third kappa shape index (κ3) is 3.86. The standard InChI is InChI=1S/C17H15Cl2N3O2S/c1-3-13-7-14-16(25-13)20-9(2)22(17(14)24)8-15(23)21-12-5-10(18)4-11(19)6-12/h4-7H,3,8H2,1-2H3,(H,21,23). The van der Waals surface area contributed by atoms with Gasteiger partial charge in [0.2, 0.25) is 5.91 Å². The molecule has 1 N–H and O–H groups in total. The number of thiophene rings is 1. The minimum Gasteiger partial charge on any atom is -0.324 e. The molecule has 1 amide bonds. The van der Waals surface area contributed by atoms with Gasteiger partial charge < -0.3 is 5.32 Å². The highest BCUT2D eigenvalue weighted by atomic mass is 35.5. The summed E-state index contributed by atoms with van der Waals surface area (Å²) in [7, 11) is 0. The molecule has 0 atom stereocenters. The Morgan fingerprint density at radius 3 is 2.56 bits per heavy atom. The molecule has 0 fully saturated rings. The minimum absolute atomic E-state index is 0.130. The number of benzene rings is 1. The molecule has 8 heteroatoms. The van der Waals surface area contributed by atoms with Crippen LogP contribution < -0.4 is 10.9 Å². The number of amides is 1. The molecule has 3 rings (SSSR count). The Bertz CT molecular complexity index is 1010. The van der Waals surface area contributed by atoms with E-state index in [-0.39, 0.29) is 18.0 Å². The lowest BCUT2D eigenvalue weighted by molar-refractivity contribution is -0.116. The lowest BCUT2D eigenvalue weighted by Gasteiger charge is -2.10. The lowest BCUT2D eigenvalue weighted by Crippen LogP contribution is -2.29. The number of aromatic nitrogens is 2. The highest BCUT2D eigenvalue weighted by Gasteiger charge is 2.14. The van der Waals surface area contributed by atoms with Gasteiger partial charge in [-0.2, -0.15) is 0 Å². The van der Waals surface area contributed by atoms with E-state index in [4.69, 9.17) is 23.2 Å². The van der Waals surface area contributed by atoms with Crippen LogP contribution in [0, 0.1) is 6.92 Å². The SMILES string of the molecule is CCc1cc2c(=O)n(CC(=O)Nc3cc(Cl)cc(Cl)c3)c(C)nc2s1. The molecule has 2 aromatic heterocycles. The fraction of sp³-hybridized carbons (Fsp3) is 0.235. The summed E-state index contributed by atoms with van der Waals surface area (Å²) >= 11 is 13.4. The van der Waals surface area contributed by atoms with E-state index in [9.17, 15) is 9.59 Å². The van der Waals surface area contributed by atoms with Crippen molar-refractivity contribution in [1.29, 1.82) is 0 Å². The summed E-state index contributed by atoms with van der Waals surface area (Å²) in [5.74, 6) is 0.150. The Kier molecular flexibility index (Phi) is 5.13. The summed E-state index contributed by atoms with van der Waals surface area (Å²) in [6.07, 6.45) is 0.843. The van der Waals surface area contributed by atoms with E-state index >= 15 is 0 Å². The molecular weight excluding hydrogens is 381 g/mol. The number of aryl methyl sites for hydroxylation is 2. The average molecular weight is 396 g/mol. The van der Waals surface area contributed by atoms with Gasteiger partial charge in [-0.05, 0) is 37.6 Å². The van der Waals surface area contributed by atoms with Crippen molar-refractivity contribution in [2.24, 2.45) is 0 Å². The number of halogens is 2. The van der Waals surface area contributed by atoms with E-state index < -0.39 is 0 Å². The second-order valence-electron chi connectivity index (χ2n) is 5.54. The Hall–Kier alpha value is -1.89. The van der Waals surface area contributed by atoms with Gasteiger partial charge >= 0.3 is 0 Å². The number of carbonyl (C=O) groups excluding carboxylic acids is 1. The Labute approximate surface area is 158 Å². The Morgan fingerprint density at radius 1 is 1.24 bits per heavy atom. The highest BCUT2D eigenvalue weighted by Crippen LogP contribution is 2.23. The minimum atomic E-state index is -0.351. The van der Waals surface area contributed by atoms with E-state index in [2.05, 4.69) is 10.3 Å². The zero-order valence-corrected chi connectivity index (χ0v) is 15.9. The largest absolute Gasteiger partial charge is 0.324 e. The van der Waals surface area contributed by atoms with Crippen LogP contribution in [0.3, 0.4) is 0 Å². The molecule has 0 bridgehead atoms. The van der Waals surface area contributed by atoms with Crippen molar-refractivity contribution in [3.05, 3.63) is 55.4 Å². The molecule has 130 valence electrons. The van der Waals surface area contributed by atoms with Gasteiger partial charge in [0.1, 0.15) is 17.2 Å². The van der Waals surface area contributed by atoms with Crippen LogP contribution in [0.2, 0.25) is 10.0 Å². The van der Waals surface area contributed by atoms with Crippen molar-refractivity contribution in [1.82, 2.24) is 9.55 Å². The zero-order valence-electron chi connectivity index (χ0n) is 13.6. The highest BCUT2D eigenvalue weighted by molar-refractivity contribution is 7.18. The average Bonchev–Trinajstić information content (AvgIpc) is 2.93. The predicted octanol–water partition coefficient (Wildman–Crippen LogP) is 4.27. The topological polar surface area (TPSA) is 64.0 Å². The van der Waals surface area contributed by atoms with E-state index in [0.717, 1.165) is 11.3 Å². The fourth-order valence-electron chi connectivity index (χ4n) is 2.50. The third-order valence-corrected chi connectivity index (χ3v) is 5.30. The van der Waals surface area contributed by atoms with Gasteiger partial charge in [0, 0.05) is 20.6 Å². The van der Waals surface area contributed by atoms with Crippen LogP contribution in [0.4, 0.5) is 5.69 Å². The number of carbonyl (C=O) groups is 1. The number of nitrogens with zero attached hydrogens (tertiary/aromatic N) is 2. The van der Waals surface area contributed by atoms with Crippen molar-refractivity contribution in [3.63, 3.8) is 0 Å². The first-order valence-corrected chi connectivity index (χ1v) is 9.20. The molecule has 5 nitrogen and oxygen atoms in total. The molecule has 0 saturated carbocycles. The van der Waals surface area contributed by atoms with Crippen LogP contribution in [-0.4, -0.2) is 15.5 Å². The van der Waals surface area contributed by atoms with Crippen molar-refractivity contribution in [3.8, 4) is 0 Å². The van der Waals surface area contributed by atoms with Crippen LogP contribution in [0.5, 0.6) is 0 Å². The first-order chi connectivity index (χ1) is 11.9. The van der Waals surface area contributed by atoms with E-state index in [1.165, 1.54) is 15.9 Å². The number of hydrogen-bond acceptors (Lipinski definition) is 4. The van der Waals surface area contributed by atoms with Gasteiger partial charge in [0.05, 0.1) is 5.39 Å². The fourth-order valence-corrected chi connectivity index (χ4v) is 4.03. The molecule has 0 spiro atoms. The normalized spacial score (nSPS) is 11.0. The van der Waals surface area contributed by atoms with Crippen LogP contribution in [0.25, 0.3) is 10.2 Å². The summed E-state index contributed by atoms with van der Waals surface area (Å²) in [5.41, 5.74) is 0.267. The van der Waals surface area contributed by atoms with Gasteiger partial charge in [0.15, 0.2) is 0 Å². The van der Waals surface area contributed by atoms with E-state index in [1.54, 1.807) is 25.1 Å². The maximum absolute atomic E-state index is 12.7. The molecule has 1 aromatic carbocycles. The van der Waals surface area contributed by atoms with Gasteiger partial charge in [-0.15, -0.1) is 11.3 Å². The zero-order chi connectivity index (χ0) is 18.1. The number of nitrogens with one attached hydrogen (secondary N) is 1. The third-order valence-electron chi connectivity index (χ3n) is 3.69. The number of rotatable bonds is 4. The van der Waals surface area contributed by atoms with Gasteiger partial charge in [-0.3, -0.25) is 14.2 Å². The maximum Gasteiger partial charge on any atom is 0.262 e. The van der Waals surface area contributed by atoms with Crippen molar-refractivity contribution in [2.75, 3.05) is 5.32 Å². The van der Waals surface area contributed by atoms with Crippen LogP contribution in [-0.2, 0) is 17.8 Å². The van der Waals surface area contributed by atoms with Gasteiger partial charge in [-0.1, -0.05) is 30.1 Å². The summed E-state index contributed by atoms with van der Waals surface area (Å²) in [5, 5.41) is 4.09. The van der Waals surface area contributed by atoms with Gasteiger partial charge in [-0.25, -0.2) is 4.98 Å². The lowest BCUT2D eigenvalue weighted by atomic mass is 10.3. The monoisotopic (exact) mass is 395 g/mol. The second kappa shape index (κ2) is 7.15. The Morgan fingerprint density at radius 2 is 1.92 bits per heavy atom. The summed E-state index contributed by atoms with van der Waals surface area (Å²) in [6.45, 7) is 3.62. The molecule has 0 radical (unpaired) electrons. The van der Waals surface area contributed by atoms with Gasteiger partial charge in [0.25, 0.3) is 5.56 Å². The molecule has 25 heavy (non-hydrogen) atoms. The molecule has 0 aliphatic heterocycles. The summed E-state index contributed by atoms with van der Waals surface area (Å²) in [6, 6.07) is 6.61. The second-order valence-corrected chi connectivity index (χ2v) is 7.53. The molecule has 0 aliphatic rings. The number of anilines is 1. The summed E-state index contributed by atoms with van der Waals surface area (Å²) in [4.78, 5) is 31.3. The molecule has 2 heterocycles. The van der Waals surface area contributed by atoms with E-state index in [0.29, 0.717) is 31.8 Å². The van der Waals surface area contributed by atoms with Crippen LogP contribution in [0.1, 0.15) is 17.6 Å². The smallest absolute Gasteiger partial charge is 0.262 e. The molecule has 3 aromatic rings. The van der Waals surface area contributed by atoms with Crippen molar-refractivity contribution < 1.29 is 4.79 Å². The predicted molar refractivity (Wildman–Crippen MR) is 103 cm³/mol. The van der Waals surface area contributed by atoms with Crippen molar-refractivity contribution in [2.45, 2.75) is 26.8 Å². The van der Waals surface area contributed by atoms with Crippen LogP contribution in [0.15, 0.2) is 29.1 Å². The molecule has 0 saturated heterocycles. The van der Waals surface area contributed by atoms with E-state index in [1.807, 2.05) is 13.0 Å². The quantitative estimate of drug-likeness (QED) is 0.716. The molecule has 0 aliphatic carbocycles. The Balaban J connectivity index is 1.89. The number of fused-ring (bicyclic) bond motifs is 1. The number of hydrogen-bond donors (Lipinski definition) is 1. The first kappa shape index (κ1) is 17.9. The van der Waals surface area contributed by atoms with Crippen molar-refractivity contribution >= 4 is 56.3 Å². The first-order valence-electron chi connectivity index (χ1n) is 7.63.